The number of halogens is 2. The molecule has 0 spiro atoms. The van der Waals surface area contributed by atoms with Gasteiger partial charge in [0.05, 0.1) is 0 Å². The Hall–Kier alpha value is -1.24. The molecule has 24 heavy (non-hydrogen) atoms. The average molecular weight is 361 g/mol. The smallest absolute Gasteiger partial charge is 0.0481 e. The van der Waals surface area contributed by atoms with E-state index in [1.807, 2.05) is 24.3 Å². The van der Waals surface area contributed by atoms with Gasteiger partial charge in [0.2, 0.25) is 0 Å². The van der Waals surface area contributed by atoms with Crippen LogP contribution in [-0.2, 0) is 10.8 Å². The molecule has 0 aliphatic heterocycles. The summed E-state index contributed by atoms with van der Waals surface area (Å²) >= 11 is 12.9. The van der Waals surface area contributed by atoms with Gasteiger partial charge in [-0.25, -0.2) is 0 Å². The normalized spacial score (nSPS) is 12.8. The van der Waals surface area contributed by atoms with Crippen LogP contribution in [0.2, 0.25) is 10.0 Å². The van der Waals surface area contributed by atoms with Gasteiger partial charge in [-0.2, -0.15) is 0 Å². The van der Waals surface area contributed by atoms with E-state index >= 15 is 0 Å². The molecule has 0 atom stereocenters. The second kappa shape index (κ2) is 6.94. The first kappa shape index (κ1) is 19.1. The summed E-state index contributed by atoms with van der Waals surface area (Å²) in [6.45, 7) is 13.1. The fraction of sp³-hybridized carbons (Fsp3) is 0.364. The first-order valence-electron chi connectivity index (χ1n) is 8.26. The Kier molecular flexibility index (Phi) is 5.52. The van der Waals surface area contributed by atoms with Crippen molar-refractivity contribution in [2.75, 3.05) is 0 Å². The lowest BCUT2D eigenvalue weighted by Crippen LogP contribution is -2.10. The molecule has 0 aromatic heterocycles. The molecule has 2 aromatic carbocycles. The Labute approximate surface area is 156 Å². The fourth-order valence-corrected chi connectivity index (χ4v) is 2.92. The van der Waals surface area contributed by atoms with E-state index in [0.29, 0.717) is 0 Å². The van der Waals surface area contributed by atoms with E-state index < -0.39 is 0 Å². The Balaban J connectivity index is 2.29. The fourth-order valence-electron chi connectivity index (χ4n) is 2.44. The van der Waals surface area contributed by atoms with Gasteiger partial charge in [-0.15, -0.1) is 0 Å². The molecule has 0 amide bonds. The van der Waals surface area contributed by atoms with Gasteiger partial charge in [0.15, 0.2) is 0 Å². The second-order valence-corrected chi connectivity index (χ2v) is 9.12. The van der Waals surface area contributed by atoms with E-state index in [0.717, 1.165) is 21.2 Å². The van der Waals surface area contributed by atoms with Crippen molar-refractivity contribution in [3.8, 4) is 0 Å². The summed E-state index contributed by atoms with van der Waals surface area (Å²) in [5.74, 6) is 0. The second-order valence-electron chi connectivity index (χ2n) is 8.31. The SMILES string of the molecule is CC(C)(C)c1ccc(/C=C/c2ccc(C(C)(C)C)cc2Cl)c(Cl)c1. The first-order valence-corrected chi connectivity index (χ1v) is 9.02. The van der Waals surface area contributed by atoms with E-state index in [4.69, 9.17) is 23.2 Å². The zero-order valence-corrected chi connectivity index (χ0v) is 16.9. The molecule has 0 aliphatic rings. The van der Waals surface area contributed by atoms with Gasteiger partial charge in [-0.1, -0.05) is 101 Å². The van der Waals surface area contributed by atoms with Gasteiger partial charge in [-0.05, 0) is 45.2 Å². The average Bonchev–Trinajstić information content (AvgIpc) is 2.45. The Morgan fingerprint density at radius 1 is 0.625 bits per heavy atom. The molecule has 2 aromatic rings. The maximum atomic E-state index is 6.44. The lowest BCUT2D eigenvalue weighted by molar-refractivity contribution is 0.590. The van der Waals surface area contributed by atoms with Gasteiger partial charge in [0.1, 0.15) is 0 Å². The van der Waals surface area contributed by atoms with Gasteiger partial charge in [0, 0.05) is 10.0 Å². The standard InChI is InChI=1S/C22H26Cl2/c1-21(2,3)17-11-9-15(19(23)13-17)7-8-16-10-12-18(14-20(16)24)22(4,5)6/h7-14H,1-6H3/b8-7+. The van der Waals surface area contributed by atoms with Crippen molar-refractivity contribution < 1.29 is 0 Å². The highest BCUT2D eigenvalue weighted by molar-refractivity contribution is 6.33. The van der Waals surface area contributed by atoms with Crippen LogP contribution in [0.25, 0.3) is 12.2 Å². The maximum absolute atomic E-state index is 6.44. The molecule has 0 nitrogen and oxygen atoms in total. The van der Waals surface area contributed by atoms with Crippen LogP contribution in [0.3, 0.4) is 0 Å². The Morgan fingerprint density at radius 2 is 0.958 bits per heavy atom. The monoisotopic (exact) mass is 360 g/mol. The molecule has 2 rings (SSSR count). The third kappa shape index (κ3) is 4.65. The maximum Gasteiger partial charge on any atom is 0.0481 e. The lowest BCUT2D eigenvalue weighted by Gasteiger charge is -2.20. The molecule has 2 heteroatoms. The summed E-state index contributed by atoms with van der Waals surface area (Å²) in [6, 6.07) is 12.5. The van der Waals surface area contributed by atoms with Crippen molar-refractivity contribution in [1.82, 2.24) is 0 Å². The van der Waals surface area contributed by atoms with Gasteiger partial charge in [0.25, 0.3) is 0 Å². The predicted octanol–water partition coefficient (Wildman–Crippen LogP) is 7.76. The molecule has 0 bridgehead atoms. The Morgan fingerprint density at radius 3 is 1.21 bits per heavy atom. The van der Waals surface area contributed by atoms with Crippen molar-refractivity contribution in [3.05, 3.63) is 68.7 Å². The highest BCUT2D eigenvalue weighted by Gasteiger charge is 2.15. The van der Waals surface area contributed by atoms with Crippen LogP contribution in [0.1, 0.15) is 63.8 Å². The zero-order valence-electron chi connectivity index (χ0n) is 15.4. The molecule has 0 N–H and O–H groups in total. The summed E-state index contributed by atoms with van der Waals surface area (Å²) in [4.78, 5) is 0. The van der Waals surface area contributed by atoms with Crippen LogP contribution in [0.15, 0.2) is 36.4 Å². The number of rotatable bonds is 2. The van der Waals surface area contributed by atoms with Crippen molar-refractivity contribution in [1.29, 1.82) is 0 Å². The summed E-state index contributed by atoms with van der Waals surface area (Å²) < 4.78 is 0. The number of benzene rings is 2. The van der Waals surface area contributed by atoms with Crippen molar-refractivity contribution >= 4 is 35.4 Å². The number of hydrogen-bond donors (Lipinski definition) is 0. The van der Waals surface area contributed by atoms with Crippen LogP contribution in [-0.4, -0.2) is 0 Å². The van der Waals surface area contributed by atoms with Gasteiger partial charge < -0.3 is 0 Å². The van der Waals surface area contributed by atoms with Crippen molar-refractivity contribution in [3.63, 3.8) is 0 Å². The predicted molar refractivity (Wildman–Crippen MR) is 109 cm³/mol. The molecule has 0 radical (unpaired) electrons. The largest absolute Gasteiger partial charge is 0.0837 e. The minimum Gasteiger partial charge on any atom is -0.0837 e. The molecule has 128 valence electrons. The van der Waals surface area contributed by atoms with Crippen LogP contribution in [0.5, 0.6) is 0 Å². The third-order valence-corrected chi connectivity index (χ3v) is 4.83. The van der Waals surface area contributed by atoms with E-state index in [9.17, 15) is 0 Å². The van der Waals surface area contributed by atoms with Crippen LogP contribution >= 0.6 is 23.2 Å². The summed E-state index contributed by atoms with van der Waals surface area (Å²) in [7, 11) is 0. The van der Waals surface area contributed by atoms with Gasteiger partial charge >= 0.3 is 0 Å². The highest BCUT2D eigenvalue weighted by Crippen LogP contribution is 2.30. The van der Waals surface area contributed by atoms with Crippen LogP contribution < -0.4 is 0 Å². The number of hydrogen-bond acceptors (Lipinski definition) is 0. The lowest BCUT2D eigenvalue weighted by atomic mass is 9.86. The minimum absolute atomic E-state index is 0.0952. The highest BCUT2D eigenvalue weighted by atomic mass is 35.5. The first-order chi connectivity index (χ1) is 11.0. The molecular weight excluding hydrogens is 335 g/mol. The van der Waals surface area contributed by atoms with Crippen molar-refractivity contribution in [2.45, 2.75) is 52.4 Å². The third-order valence-electron chi connectivity index (χ3n) is 4.18. The van der Waals surface area contributed by atoms with E-state index in [1.54, 1.807) is 0 Å². The summed E-state index contributed by atoms with van der Waals surface area (Å²) in [5, 5.41) is 1.53. The molecular formula is C22H26Cl2. The summed E-state index contributed by atoms with van der Waals surface area (Å²) in [6.07, 6.45) is 4.04. The minimum atomic E-state index is 0.0952. The Bertz CT molecular complexity index is 691. The molecule has 0 saturated carbocycles. The van der Waals surface area contributed by atoms with Gasteiger partial charge in [-0.3, -0.25) is 0 Å². The topological polar surface area (TPSA) is 0 Å². The van der Waals surface area contributed by atoms with E-state index in [-0.39, 0.29) is 10.8 Å². The molecule has 0 fully saturated rings. The summed E-state index contributed by atoms with van der Waals surface area (Å²) in [5.41, 5.74) is 4.66. The molecule has 0 heterocycles. The van der Waals surface area contributed by atoms with Crippen molar-refractivity contribution in [2.24, 2.45) is 0 Å². The molecule has 0 aliphatic carbocycles. The zero-order chi connectivity index (χ0) is 18.1. The van der Waals surface area contributed by atoms with Crippen LogP contribution in [0.4, 0.5) is 0 Å². The molecule has 0 saturated heterocycles. The van der Waals surface area contributed by atoms with E-state index in [2.05, 4.69) is 65.8 Å². The van der Waals surface area contributed by atoms with E-state index in [1.165, 1.54) is 11.1 Å². The van der Waals surface area contributed by atoms with Crippen LogP contribution in [0, 0.1) is 0 Å². The quantitative estimate of drug-likeness (QED) is 0.480. The molecule has 0 unspecified atom stereocenters.